The van der Waals surface area contributed by atoms with Crippen LogP contribution in [0.2, 0.25) is 0 Å². The monoisotopic (exact) mass is 530 g/mol. The average Bonchev–Trinajstić information content (AvgIpc) is 3.31. The number of methoxy groups -OCH3 is 1. The standard InChI is InChI=1S/C26H34N4O4S2/c1-5-20-8-6-7-15-30(20)36(32,33)22-12-9-19(10-13-22)25(31)29(17-16-28(2)3)26-27-23-14-11-21(34-4)18-24(23)35-26/h9-14,18,20H,5-8,15-17H2,1-4H3. The summed E-state index contributed by atoms with van der Waals surface area (Å²) >= 11 is 1.43. The summed E-state index contributed by atoms with van der Waals surface area (Å²) in [4.78, 5) is 22.2. The van der Waals surface area contributed by atoms with E-state index in [1.165, 1.54) is 11.3 Å². The van der Waals surface area contributed by atoms with E-state index in [-0.39, 0.29) is 16.8 Å². The van der Waals surface area contributed by atoms with Gasteiger partial charge in [0.15, 0.2) is 5.13 Å². The van der Waals surface area contributed by atoms with E-state index in [9.17, 15) is 13.2 Å². The van der Waals surface area contributed by atoms with Gasteiger partial charge in [-0.15, -0.1) is 0 Å². The Labute approximate surface area is 217 Å². The van der Waals surface area contributed by atoms with Gasteiger partial charge >= 0.3 is 0 Å². The molecule has 0 saturated carbocycles. The molecule has 0 bridgehead atoms. The second kappa shape index (κ2) is 11.2. The van der Waals surface area contributed by atoms with E-state index in [1.807, 2.05) is 44.1 Å². The van der Waals surface area contributed by atoms with E-state index in [0.717, 1.165) is 41.6 Å². The molecule has 1 unspecified atom stereocenters. The number of aromatic nitrogens is 1. The minimum absolute atomic E-state index is 0.0317. The van der Waals surface area contributed by atoms with Crippen LogP contribution < -0.4 is 9.64 Å². The highest BCUT2D eigenvalue weighted by molar-refractivity contribution is 7.89. The summed E-state index contributed by atoms with van der Waals surface area (Å²) in [5, 5.41) is 0.598. The number of thiazole rings is 1. The number of hydrogen-bond donors (Lipinski definition) is 0. The van der Waals surface area contributed by atoms with Gasteiger partial charge in [-0.2, -0.15) is 4.31 Å². The maximum atomic E-state index is 13.6. The molecule has 1 aliphatic rings. The highest BCUT2D eigenvalue weighted by atomic mass is 32.2. The van der Waals surface area contributed by atoms with Gasteiger partial charge in [-0.25, -0.2) is 13.4 Å². The van der Waals surface area contributed by atoms with Gasteiger partial charge in [0.25, 0.3) is 5.91 Å². The van der Waals surface area contributed by atoms with E-state index in [1.54, 1.807) is 40.6 Å². The topological polar surface area (TPSA) is 83.1 Å². The van der Waals surface area contributed by atoms with Crippen molar-refractivity contribution in [3.63, 3.8) is 0 Å². The predicted octanol–water partition coefficient (Wildman–Crippen LogP) is 4.47. The first-order valence-electron chi connectivity index (χ1n) is 12.3. The number of carbonyl (C=O) groups is 1. The second-order valence-electron chi connectivity index (χ2n) is 9.29. The third-order valence-corrected chi connectivity index (χ3v) is 9.59. The summed E-state index contributed by atoms with van der Waals surface area (Å²) in [6, 6.07) is 12.0. The van der Waals surface area contributed by atoms with Crippen LogP contribution in [0.5, 0.6) is 5.75 Å². The van der Waals surface area contributed by atoms with Crippen molar-refractivity contribution in [2.75, 3.05) is 45.7 Å². The van der Waals surface area contributed by atoms with Gasteiger partial charge in [-0.1, -0.05) is 24.7 Å². The highest BCUT2D eigenvalue weighted by Crippen LogP contribution is 2.32. The van der Waals surface area contributed by atoms with Gasteiger partial charge in [0.1, 0.15) is 5.75 Å². The largest absolute Gasteiger partial charge is 0.497 e. The zero-order valence-electron chi connectivity index (χ0n) is 21.3. The molecule has 8 nitrogen and oxygen atoms in total. The molecule has 36 heavy (non-hydrogen) atoms. The smallest absolute Gasteiger partial charge is 0.260 e. The molecular weight excluding hydrogens is 496 g/mol. The quantitative estimate of drug-likeness (QED) is 0.406. The van der Waals surface area contributed by atoms with Crippen molar-refractivity contribution >= 4 is 42.6 Å². The second-order valence-corrected chi connectivity index (χ2v) is 12.2. The lowest BCUT2D eigenvalue weighted by molar-refractivity contribution is 0.0985. The van der Waals surface area contributed by atoms with Crippen LogP contribution in [0.25, 0.3) is 10.2 Å². The average molecular weight is 531 g/mol. The number of carbonyl (C=O) groups excluding carboxylic acids is 1. The van der Waals surface area contributed by atoms with E-state index in [4.69, 9.17) is 9.72 Å². The molecule has 1 aromatic heterocycles. The van der Waals surface area contributed by atoms with Gasteiger partial charge in [0.05, 0.1) is 22.2 Å². The third-order valence-electron chi connectivity index (χ3n) is 6.58. The van der Waals surface area contributed by atoms with E-state index < -0.39 is 10.0 Å². The van der Waals surface area contributed by atoms with Crippen LogP contribution >= 0.6 is 11.3 Å². The van der Waals surface area contributed by atoms with Crippen molar-refractivity contribution in [2.24, 2.45) is 0 Å². The number of ether oxygens (including phenoxy) is 1. The molecule has 1 amide bonds. The number of amides is 1. The predicted molar refractivity (Wildman–Crippen MR) is 145 cm³/mol. The first kappa shape index (κ1) is 26.5. The highest BCUT2D eigenvalue weighted by Gasteiger charge is 2.32. The zero-order chi connectivity index (χ0) is 25.9. The number of nitrogens with zero attached hydrogens (tertiary/aromatic N) is 4. The van der Waals surface area contributed by atoms with Gasteiger partial charge in [-0.05, 0) is 75.8 Å². The fourth-order valence-corrected chi connectivity index (χ4v) is 7.26. The minimum Gasteiger partial charge on any atom is -0.497 e. The first-order valence-corrected chi connectivity index (χ1v) is 14.5. The number of sulfonamides is 1. The number of anilines is 1. The van der Waals surface area contributed by atoms with Crippen molar-refractivity contribution in [3.8, 4) is 5.75 Å². The van der Waals surface area contributed by atoms with Crippen LogP contribution in [0, 0.1) is 0 Å². The van der Waals surface area contributed by atoms with Crippen LogP contribution in [-0.2, 0) is 10.0 Å². The fraction of sp³-hybridized carbons (Fsp3) is 0.462. The Bertz CT molecular complexity index is 1310. The van der Waals surface area contributed by atoms with Crippen LogP contribution in [-0.4, -0.2) is 75.4 Å². The number of piperidine rings is 1. The number of rotatable bonds is 9. The molecule has 4 rings (SSSR count). The molecule has 3 aromatic rings. The number of hydrogen-bond acceptors (Lipinski definition) is 7. The summed E-state index contributed by atoms with van der Waals surface area (Å²) in [6.07, 6.45) is 3.62. The first-order chi connectivity index (χ1) is 17.2. The van der Waals surface area contributed by atoms with E-state index >= 15 is 0 Å². The van der Waals surface area contributed by atoms with Crippen LogP contribution in [0.15, 0.2) is 47.4 Å². The molecule has 1 aliphatic heterocycles. The number of benzene rings is 2. The number of likely N-dealkylation sites (N-methyl/N-ethyl adjacent to an activating group) is 1. The maximum absolute atomic E-state index is 13.6. The van der Waals surface area contributed by atoms with Crippen molar-refractivity contribution in [1.29, 1.82) is 0 Å². The third kappa shape index (κ3) is 5.56. The van der Waals surface area contributed by atoms with Crippen LogP contribution in [0.4, 0.5) is 5.13 Å². The summed E-state index contributed by atoms with van der Waals surface area (Å²) < 4.78 is 34.5. The summed E-state index contributed by atoms with van der Waals surface area (Å²) in [5.74, 6) is 0.524. The lowest BCUT2D eigenvalue weighted by Crippen LogP contribution is -2.43. The maximum Gasteiger partial charge on any atom is 0.260 e. The van der Waals surface area contributed by atoms with Gasteiger partial charge < -0.3 is 9.64 Å². The molecule has 2 heterocycles. The fourth-order valence-electron chi connectivity index (χ4n) is 4.48. The molecular formula is C26H34N4O4S2. The van der Waals surface area contributed by atoms with E-state index in [2.05, 4.69) is 0 Å². The molecule has 0 N–H and O–H groups in total. The van der Waals surface area contributed by atoms with Gasteiger partial charge in [0, 0.05) is 31.2 Å². The van der Waals surface area contributed by atoms with Crippen LogP contribution in [0.3, 0.4) is 0 Å². The van der Waals surface area contributed by atoms with Crippen molar-refractivity contribution in [2.45, 2.75) is 43.5 Å². The van der Waals surface area contributed by atoms with Crippen molar-refractivity contribution in [1.82, 2.24) is 14.2 Å². The Morgan fingerprint density at radius 2 is 1.89 bits per heavy atom. The molecule has 1 atom stereocenters. The van der Waals surface area contributed by atoms with Crippen LogP contribution in [0.1, 0.15) is 43.0 Å². The Morgan fingerprint density at radius 1 is 1.14 bits per heavy atom. The lowest BCUT2D eigenvalue weighted by Gasteiger charge is -2.34. The Morgan fingerprint density at radius 3 is 2.56 bits per heavy atom. The SMILES string of the molecule is CCC1CCCCN1S(=O)(=O)c1ccc(C(=O)N(CCN(C)C)c2nc3ccc(OC)cc3s2)cc1. The van der Waals surface area contributed by atoms with Crippen molar-refractivity contribution < 1.29 is 17.9 Å². The van der Waals surface area contributed by atoms with Crippen molar-refractivity contribution in [3.05, 3.63) is 48.0 Å². The molecule has 2 aromatic carbocycles. The Balaban J connectivity index is 1.62. The van der Waals surface area contributed by atoms with Gasteiger partial charge in [-0.3, -0.25) is 9.69 Å². The zero-order valence-corrected chi connectivity index (χ0v) is 22.9. The normalized spacial score (nSPS) is 17.0. The molecule has 10 heteroatoms. The molecule has 1 fully saturated rings. The molecule has 194 valence electrons. The molecule has 0 spiro atoms. The number of fused-ring (bicyclic) bond motifs is 1. The minimum atomic E-state index is -3.60. The Hall–Kier alpha value is -2.53. The lowest BCUT2D eigenvalue weighted by atomic mass is 10.0. The molecule has 0 aliphatic carbocycles. The summed E-state index contributed by atoms with van der Waals surface area (Å²) in [7, 11) is 1.92. The van der Waals surface area contributed by atoms with E-state index in [0.29, 0.717) is 30.3 Å². The summed E-state index contributed by atoms with van der Waals surface area (Å²) in [5.41, 5.74) is 1.22. The van der Waals surface area contributed by atoms with Gasteiger partial charge in [0.2, 0.25) is 10.0 Å². The summed E-state index contributed by atoms with van der Waals surface area (Å²) in [6.45, 7) is 3.68. The Kier molecular flexibility index (Phi) is 8.29. The molecule has 0 radical (unpaired) electrons. The molecule has 1 saturated heterocycles.